The van der Waals surface area contributed by atoms with Gasteiger partial charge in [0, 0.05) is 20.2 Å². The van der Waals surface area contributed by atoms with Crippen LogP contribution in [0.2, 0.25) is 0 Å². The van der Waals surface area contributed by atoms with Crippen molar-refractivity contribution in [2.45, 2.75) is 31.4 Å². The van der Waals surface area contributed by atoms with Crippen LogP contribution in [-0.4, -0.2) is 54.2 Å². The van der Waals surface area contributed by atoms with E-state index in [9.17, 15) is 9.59 Å². The van der Waals surface area contributed by atoms with Crippen molar-refractivity contribution in [1.82, 2.24) is 4.90 Å². The van der Waals surface area contributed by atoms with E-state index in [1.807, 2.05) is 0 Å². The molecule has 0 spiro atoms. The summed E-state index contributed by atoms with van der Waals surface area (Å²) in [5, 5.41) is 9.02. The SMILES string of the molecule is COC(CN)C(=O)N1CCCC[C@H]1C(=O)O. The number of likely N-dealkylation sites (tertiary alicyclic amines) is 1. The second-order valence-electron chi connectivity index (χ2n) is 3.84. The van der Waals surface area contributed by atoms with Crippen LogP contribution in [0.5, 0.6) is 0 Å². The number of piperidine rings is 1. The van der Waals surface area contributed by atoms with E-state index < -0.39 is 18.1 Å². The third-order valence-electron chi connectivity index (χ3n) is 2.84. The molecule has 1 aliphatic heterocycles. The lowest BCUT2D eigenvalue weighted by atomic mass is 10.0. The van der Waals surface area contributed by atoms with Crippen molar-refractivity contribution < 1.29 is 19.4 Å². The van der Waals surface area contributed by atoms with Gasteiger partial charge in [-0.2, -0.15) is 0 Å². The van der Waals surface area contributed by atoms with Gasteiger partial charge in [-0.25, -0.2) is 4.79 Å². The van der Waals surface area contributed by atoms with Crippen LogP contribution in [0.1, 0.15) is 19.3 Å². The Morgan fingerprint density at radius 3 is 2.75 bits per heavy atom. The average molecular weight is 230 g/mol. The van der Waals surface area contributed by atoms with E-state index in [-0.39, 0.29) is 12.5 Å². The number of rotatable bonds is 4. The van der Waals surface area contributed by atoms with Crippen molar-refractivity contribution in [3.05, 3.63) is 0 Å². The second-order valence-corrected chi connectivity index (χ2v) is 3.84. The molecule has 16 heavy (non-hydrogen) atoms. The number of methoxy groups -OCH3 is 1. The number of aliphatic carboxylic acids is 1. The third-order valence-corrected chi connectivity index (χ3v) is 2.84. The Morgan fingerprint density at radius 2 is 2.25 bits per heavy atom. The largest absolute Gasteiger partial charge is 0.480 e. The van der Waals surface area contributed by atoms with Crippen molar-refractivity contribution in [3.8, 4) is 0 Å². The molecule has 0 aliphatic carbocycles. The van der Waals surface area contributed by atoms with Crippen LogP contribution >= 0.6 is 0 Å². The predicted octanol–water partition coefficient (Wildman–Crippen LogP) is -0.574. The van der Waals surface area contributed by atoms with Crippen LogP contribution in [0.25, 0.3) is 0 Å². The molecule has 1 heterocycles. The highest BCUT2D eigenvalue weighted by Crippen LogP contribution is 2.18. The Morgan fingerprint density at radius 1 is 1.56 bits per heavy atom. The molecule has 0 saturated carbocycles. The highest BCUT2D eigenvalue weighted by atomic mass is 16.5. The van der Waals surface area contributed by atoms with Gasteiger partial charge in [0.25, 0.3) is 5.91 Å². The van der Waals surface area contributed by atoms with Gasteiger partial charge in [-0.1, -0.05) is 0 Å². The zero-order chi connectivity index (χ0) is 12.1. The molecule has 3 N–H and O–H groups in total. The number of carbonyl (C=O) groups excluding carboxylic acids is 1. The van der Waals surface area contributed by atoms with Crippen molar-refractivity contribution in [2.24, 2.45) is 5.73 Å². The fourth-order valence-corrected chi connectivity index (χ4v) is 1.93. The molecule has 6 heteroatoms. The molecule has 1 aliphatic rings. The summed E-state index contributed by atoms with van der Waals surface area (Å²) >= 11 is 0. The normalized spacial score (nSPS) is 22.9. The predicted molar refractivity (Wildman–Crippen MR) is 56.8 cm³/mol. The highest BCUT2D eigenvalue weighted by Gasteiger charge is 2.34. The molecule has 1 saturated heterocycles. The topological polar surface area (TPSA) is 92.9 Å². The molecule has 0 radical (unpaired) electrons. The van der Waals surface area contributed by atoms with Gasteiger partial charge in [0.15, 0.2) is 0 Å². The van der Waals surface area contributed by atoms with Gasteiger partial charge in [0.1, 0.15) is 12.1 Å². The lowest BCUT2D eigenvalue weighted by Crippen LogP contribution is -2.53. The lowest BCUT2D eigenvalue weighted by molar-refractivity contribution is -0.156. The smallest absolute Gasteiger partial charge is 0.326 e. The average Bonchev–Trinajstić information content (AvgIpc) is 2.30. The number of carboxylic acid groups (broad SMARTS) is 1. The summed E-state index contributed by atoms with van der Waals surface area (Å²) < 4.78 is 4.93. The molecule has 6 nitrogen and oxygen atoms in total. The van der Waals surface area contributed by atoms with Crippen LogP contribution in [0.15, 0.2) is 0 Å². The van der Waals surface area contributed by atoms with E-state index in [4.69, 9.17) is 15.6 Å². The number of nitrogens with zero attached hydrogens (tertiary/aromatic N) is 1. The molecular weight excluding hydrogens is 212 g/mol. The fourth-order valence-electron chi connectivity index (χ4n) is 1.93. The standard InChI is InChI=1S/C10H18N2O4/c1-16-8(6-11)9(13)12-5-3-2-4-7(12)10(14)15/h7-8H,2-6,11H2,1H3,(H,14,15)/t7-,8?/m0/s1. The minimum atomic E-state index is -0.958. The fraction of sp³-hybridized carbons (Fsp3) is 0.800. The number of nitrogens with two attached hydrogens (primary N) is 1. The molecule has 1 rings (SSSR count). The molecule has 1 fully saturated rings. The summed E-state index contributed by atoms with van der Waals surface area (Å²) in [5.41, 5.74) is 5.39. The second kappa shape index (κ2) is 5.81. The summed E-state index contributed by atoms with van der Waals surface area (Å²) in [6.45, 7) is 0.536. The maximum atomic E-state index is 11.9. The third kappa shape index (κ3) is 2.70. The Hall–Kier alpha value is -1.14. The monoisotopic (exact) mass is 230 g/mol. The van der Waals surface area contributed by atoms with Gasteiger partial charge < -0.3 is 20.5 Å². The number of carboxylic acids is 1. The van der Waals surface area contributed by atoms with Crippen molar-refractivity contribution in [1.29, 1.82) is 0 Å². The van der Waals surface area contributed by atoms with E-state index in [1.54, 1.807) is 0 Å². The first kappa shape index (κ1) is 12.9. The van der Waals surface area contributed by atoms with Gasteiger partial charge in [-0.15, -0.1) is 0 Å². The minimum Gasteiger partial charge on any atom is -0.480 e. The summed E-state index contributed by atoms with van der Waals surface area (Å²) in [4.78, 5) is 24.3. The molecule has 0 aromatic carbocycles. The van der Waals surface area contributed by atoms with Crippen molar-refractivity contribution >= 4 is 11.9 Å². The summed E-state index contributed by atoms with van der Waals surface area (Å²) in [7, 11) is 1.40. The Kier molecular flexibility index (Phi) is 4.70. The lowest BCUT2D eigenvalue weighted by Gasteiger charge is -2.34. The van der Waals surface area contributed by atoms with E-state index >= 15 is 0 Å². The zero-order valence-corrected chi connectivity index (χ0v) is 9.39. The van der Waals surface area contributed by atoms with Crippen LogP contribution < -0.4 is 5.73 Å². The van der Waals surface area contributed by atoms with Crippen LogP contribution in [0, 0.1) is 0 Å². The maximum absolute atomic E-state index is 11.9. The summed E-state index contributed by atoms with van der Waals surface area (Å²) in [6.07, 6.45) is 1.43. The highest BCUT2D eigenvalue weighted by molar-refractivity contribution is 5.86. The quantitative estimate of drug-likeness (QED) is 0.674. The van der Waals surface area contributed by atoms with Gasteiger partial charge in [0.2, 0.25) is 0 Å². The molecule has 0 aromatic rings. The summed E-state index contributed by atoms with van der Waals surface area (Å²) in [6, 6.07) is -0.731. The maximum Gasteiger partial charge on any atom is 0.326 e. The number of carbonyl (C=O) groups is 2. The van der Waals surface area contributed by atoms with Crippen molar-refractivity contribution in [2.75, 3.05) is 20.2 Å². The zero-order valence-electron chi connectivity index (χ0n) is 9.39. The number of amides is 1. The Bertz CT molecular complexity index is 266. The van der Waals surface area contributed by atoms with Crippen LogP contribution in [0.4, 0.5) is 0 Å². The first-order valence-electron chi connectivity index (χ1n) is 5.38. The van der Waals surface area contributed by atoms with Gasteiger partial charge >= 0.3 is 5.97 Å². The molecule has 92 valence electrons. The first-order chi connectivity index (χ1) is 7.61. The van der Waals surface area contributed by atoms with Gasteiger partial charge in [0.05, 0.1) is 0 Å². The van der Waals surface area contributed by atoms with Crippen molar-refractivity contribution in [3.63, 3.8) is 0 Å². The molecule has 1 unspecified atom stereocenters. The first-order valence-corrected chi connectivity index (χ1v) is 5.38. The molecule has 0 bridgehead atoms. The molecule has 0 aromatic heterocycles. The van der Waals surface area contributed by atoms with Crippen LogP contribution in [-0.2, 0) is 14.3 Å². The summed E-state index contributed by atoms with van der Waals surface area (Å²) in [5.74, 6) is -1.28. The van der Waals surface area contributed by atoms with Gasteiger partial charge in [-0.05, 0) is 19.3 Å². The molecule has 2 atom stereocenters. The minimum absolute atomic E-state index is 0.0676. The molecular formula is C10H18N2O4. The van der Waals surface area contributed by atoms with E-state index in [2.05, 4.69) is 0 Å². The number of hydrogen-bond donors (Lipinski definition) is 2. The number of hydrogen-bond acceptors (Lipinski definition) is 4. The van der Waals surface area contributed by atoms with Gasteiger partial charge in [-0.3, -0.25) is 4.79 Å². The van der Waals surface area contributed by atoms with E-state index in [1.165, 1.54) is 12.0 Å². The Labute approximate surface area is 94.3 Å². The van der Waals surface area contributed by atoms with E-state index in [0.717, 1.165) is 12.8 Å². The number of ether oxygens (including phenoxy) is 1. The van der Waals surface area contributed by atoms with Crippen LogP contribution in [0.3, 0.4) is 0 Å². The van der Waals surface area contributed by atoms with E-state index in [0.29, 0.717) is 13.0 Å². The Balaban J connectivity index is 2.74. The molecule has 1 amide bonds.